The van der Waals surface area contributed by atoms with E-state index in [0.29, 0.717) is 24.5 Å². The number of aliphatic imine (C=N–C) groups is 2. The van der Waals surface area contributed by atoms with Crippen LogP contribution in [0.1, 0.15) is 5.56 Å². The van der Waals surface area contributed by atoms with Crippen LogP contribution >= 0.6 is 0 Å². The van der Waals surface area contributed by atoms with Gasteiger partial charge in [-0.05, 0) is 12.1 Å². The molecule has 122 valence electrons. The minimum absolute atomic E-state index is 0.114. The standard InChI is InChI=1S/C13H11F3N4O3/c1-22-9-7(23-11(21)13(14,15)16)3-2-6-8(9)19-12(17)20-5-4-18-10(6)20/h2-3H,4-5H2,1H3,(H2,17,19). The van der Waals surface area contributed by atoms with E-state index in [0.717, 1.165) is 0 Å². The molecule has 23 heavy (non-hydrogen) atoms. The van der Waals surface area contributed by atoms with Crippen LogP contribution in [0.2, 0.25) is 0 Å². The zero-order valence-corrected chi connectivity index (χ0v) is 11.8. The second kappa shape index (κ2) is 5.14. The number of rotatable bonds is 2. The largest absolute Gasteiger partial charge is 0.491 e. The summed E-state index contributed by atoms with van der Waals surface area (Å²) in [4.78, 5) is 21.1. The molecular weight excluding hydrogens is 317 g/mol. The maximum absolute atomic E-state index is 12.4. The number of amidine groups is 1. The molecule has 0 saturated heterocycles. The number of benzene rings is 1. The number of hydrogen-bond donors (Lipinski definition) is 1. The van der Waals surface area contributed by atoms with Gasteiger partial charge in [-0.3, -0.25) is 9.89 Å². The number of carbonyl (C=O) groups is 1. The first-order valence-corrected chi connectivity index (χ1v) is 6.49. The molecule has 1 aromatic carbocycles. The third-order valence-corrected chi connectivity index (χ3v) is 3.32. The highest BCUT2D eigenvalue weighted by atomic mass is 19.4. The Morgan fingerprint density at radius 1 is 1.39 bits per heavy atom. The summed E-state index contributed by atoms with van der Waals surface area (Å²) in [6.07, 6.45) is -5.12. The van der Waals surface area contributed by atoms with Crippen molar-refractivity contribution in [3.8, 4) is 11.5 Å². The average molecular weight is 328 g/mol. The highest BCUT2D eigenvalue weighted by molar-refractivity contribution is 6.16. The predicted molar refractivity (Wildman–Crippen MR) is 74.1 cm³/mol. The monoisotopic (exact) mass is 328 g/mol. The lowest BCUT2D eigenvalue weighted by molar-refractivity contribution is -0.189. The molecule has 7 nitrogen and oxygen atoms in total. The number of guanidine groups is 1. The van der Waals surface area contributed by atoms with E-state index in [1.165, 1.54) is 19.2 Å². The third kappa shape index (κ3) is 2.45. The highest BCUT2D eigenvalue weighted by Crippen LogP contribution is 2.43. The number of alkyl halides is 3. The highest BCUT2D eigenvalue weighted by Gasteiger charge is 2.42. The van der Waals surface area contributed by atoms with Crippen LogP contribution in [0.4, 0.5) is 18.9 Å². The van der Waals surface area contributed by atoms with E-state index < -0.39 is 17.9 Å². The minimum atomic E-state index is -5.12. The van der Waals surface area contributed by atoms with Gasteiger partial charge < -0.3 is 15.2 Å². The van der Waals surface area contributed by atoms with Crippen LogP contribution in [-0.2, 0) is 4.79 Å². The van der Waals surface area contributed by atoms with E-state index in [2.05, 4.69) is 14.7 Å². The second-order valence-electron chi connectivity index (χ2n) is 4.71. The fourth-order valence-electron chi connectivity index (χ4n) is 2.36. The molecule has 0 fully saturated rings. The normalized spacial score (nSPS) is 16.3. The summed E-state index contributed by atoms with van der Waals surface area (Å²) in [6.45, 7) is 1.09. The van der Waals surface area contributed by atoms with Crippen molar-refractivity contribution in [3.63, 3.8) is 0 Å². The van der Waals surface area contributed by atoms with Crippen LogP contribution in [0.25, 0.3) is 0 Å². The van der Waals surface area contributed by atoms with Crippen molar-refractivity contribution in [3.05, 3.63) is 17.7 Å². The maximum atomic E-state index is 12.4. The first-order valence-electron chi connectivity index (χ1n) is 6.49. The summed E-state index contributed by atoms with van der Waals surface area (Å²) in [5.74, 6) is -2.15. The van der Waals surface area contributed by atoms with Crippen LogP contribution in [0.3, 0.4) is 0 Å². The Labute approximate surface area is 128 Å². The number of hydrogen-bond acceptors (Lipinski definition) is 7. The molecule has 0 bridgehead atoms. The Balaban J connectivity index is 2.07. The summed E-state index contributed by atoms with van der Waals surface area (Å²) in [5.41, 5.74) is 6.55. The second-order valence-corrected chi connectivity index (χ2v) is 4.71. The van der Waals surface area contributed by atoms with Gasteiger partial charge in [0.2, 0.25) is 5.96 Å². The predicted octanol–water partition coefficient (Wildman–Crippen LogP) is 1.18. The summed E-state index contributed by atoms with van der Waals surface area (Å²) in [6, 6.07) is 2.67. The van der Waals surface area contributed by atoms with Crippen molar-refractivity contribution >= 4 is 23.5 Å². The molecule has 2 aliphatic heterocycles. The van der Waals surface area contributed by atoms with Crippen LogP contribution in [0.5, 0.6) is 11.5 Å². The number of carbonyl (C=O) groups excluding carboxylic acids is 1. The summed E-state index contributed by atoms with van der Waals surface area (Å²) < 4.78 is 46.5. The maximum Gasteiger partial charge on any atom is 0.491 e. The lowest BCUT2D eigenvalue weighted by Gasteiger charge is -2.26. The molecular formula is C13H11F3N4O3. The molecule has 2 N–H and O–H groups in total. The van der Waals surface area contributed by atoms with Crippen LogP contribution < -0.4 is 15.2 Å². The van der Waals surface area contributed by atoms with Crippen molar-refractivity contribution in [1.29, 1.82) is 0 Å². The molecule has 0 unspecified atom stereocenters. The quantitative estimate of drug-likeness (QED) is 0.650. The lowest BCUT2D eigenvalue weighted by Crippen LogP contribution is -2.42. The molecule has 2 aliphatic rings. The van der Waals surface area contributed by atoms with Crippen molar-refractivity contribution in [2.24, 2.45) is 15.7 Å². The van der Waals surface area contributed by atoms with Gasteiger partial charge in [-0.2, -0.15) is 13.2 Å². The topological polar surface area (TPSA) is 89.5 Å². The lowest BCUT2D eigenvalue weighted by atomic mass is 10.1. The average Bonchev–Trinajstić information content (AvgIpc) is 2.96. The first-order chi connectivity index (χ1) is 10.8. The van der Waals surface area contributed by atoms with E-state index >= 15 is 0 Å². The summed E-state index contributed by atoms with van der Waals surface area (Å²) >= 11 is 0. The Morgan fingerprint density at radius 3 is 2.78 bits per heavy atom. The number of halogens is 3. The van der Waals surface area contributed by atoms with Gasteiger partial charge in [0.05, 0.1) is 13.7 Å². The number of fused-ring (bicyclic) bond motifs is 3. The molecule has 10 heteroatoms. The minimum Gasteiger partial charge on any atom is -0.491 e. The van der Waals surface area contributed by atoms with Crippen molar-refractivity contribution in [2.75, 3.05) is 20.2 Å². The SMILES string of the molecule is COc1c(OC(=O)C(F)(F)F)ccc2c1N=C(N)N1CCN=C21. The third-order valence-electron chi connectivity index (χ3n) is 3.32. The molecule has 0 amide bonds. The first kappa shape index (κ1) is 15.1. The Morgan fingerprint density at radius 2 is 2.13 bits per heavy atom. The Bertz CT molecular complexity index is 743. The van der Waals surface area contributed by atoms with Gasteiger partial charge in [0.25, 0.3) is 0 Å². The van der Waals surface area contributed by atoms with E-state index in [1.807, 2.05) is 0 Å². The van der Waals surface area contributed by atoms with Gasteiger partial charge in [0, 0.05) is 12.1 Å². The smallest absolute Gasteiger partial charge is 0.491 e. The van der Waals surface area contributed by atoms with Gasteiger partial charge in [0.15, 0.2) is 11.5 Å². The van der Waals surface area contributed by atoms with Gasteiger partial charge in [0.1, 0.15) is 11.5 Å². The number of nitrogens with zero attached hydrogens (tertiary/aromatic N) is 3. The summed E-state index contributed by atoms with van der Waals surface area (Å²) in [7, 11) is 1.23. The summed E-state index contributed by atoms with van der Waals surface area (Å²) in [5, 5.41) is 0. The van der Waals surface area contributed by atoms with Crippen LogP contribution in [0, 0.1) is 0 Å². The van der Waals surface area contributed by atoms with E-state index in [9.17, 15) is 18.0 Å². The Kier molecular flexibility index (Phi) is 3.38. The van der Waals surface area contributed by atoms with E-state index in [4.69, 9.17) is 10.5 Å². The molecule has 0 atom stereocenters. The molecule has 0 aliphatic carbocycles. The molecule has 3 rings (SSSR count). The number of esters is 1. The molecule has 2 heterocycles. The number of ether oxygens (including phenoxy) is 2. The van der Waals surface area contributed by atoms with Gasteiger partial charge in [-0.25, -0.2) is 9.79 Å². The number of methoxy groups -OCH3 is 1. The Hall–Kier alpha value is -2.78. The van der Waals surface area contributed by atoms with E-state index in [-0.39, 0.29) is 17.4 Å². The van der Waals surface area contributed by atoms with Gasteiger partial charge in [-0.15, -0.1) is 0 Å². The molecule has 0 spiro atoms. The molecule has 0 aromatic heterocycles. The van der Waals surface area contributed by atoms with Gasteiger partial charge in [-0.1, -0.05) is 0 Å². The van der Waals surface area contributed by atoms with Crippen molar-refractivity contribution < 1.29 is 27.4 Å². The number of nitrogens with two attached hydrogens (primary N) is 1. The van der Waals surface area contributed by atoms with Crippen LogP contribution in [-0.4, -0.2) is 49.0 Å². The van der Waals surface area contributed by atoms with Crippen LogP contribution in [0.15, 0.2) is 22.1 Å². The van der Waals surface area contributed by atoms with Gasteiger partial charge >= 0.3 is 12.1 Å². The fraction of sp³-hybridized carbons (Fsp3) is 0.308. The van der Waals surface area contributed by atoms with E-state index in [1.54, 1.807) is 4.90 Å². The van der Waals surface area contributed by atoms with Crippen molar-refractivity contribution in [1.82, 2.24) is 4.90 Å². The molecule has 1 aromatic rings. The molecule has 0 radical (unpaired) electrons. The zero-order valence-electron chi connectivity index (χ0n) is 11.8. The fourth-order valence-corrected chi connectivity index (χ4v) is 2.36. The molecule has 0 saturated carbocycles. The van der Waals surface area contributed by atoms with Crippen molar-refractivity contribution in [2.45, 2.75) is 6.18 Å². The zero-order chi connectivity index (χ0) is 16.8.